The first-order valence-electron chi connectivity index (χ1n) is 5.45. The lowest BCUT2D eigenvalue weighted by molar-refractivity contribution is -0.138. The van der Waals surface area contributed by atoms with Crippen LogP contribution >= 0.6 is 0 Å². The van der Waals surface area contributed by atoms with Crippen LogP contribution in [0.5, 0.6) is 0 Å². The Morgan fingerprint density at radius 2 is 1.78 bits per heavy atom. The second-order valence-corrected chi connectivity index (χ2v) is 4.13. The van der Waals surface area contributed by atoms with Gasteiger partial charge in [-0.05, 0) is 5.92 Å². The van der Waals surface area contributed by atoms with Crippen molar-refractivity contribution >= 4 is 17.8 Å². The molecule has 0 aromatic carbocycles. The summed E-state index contributed by atoms with van der Waals surface area (Å²) < 4.78 is 0. The van der Waals surface area contributed by atoms with Gasteiger partial charge in [0.05, 0.1) is 12.6 Å². The fraction of sp³-hybridized carbons (Fsp3) is 0.700. The maximum absolute atomic E-state index is 11.6. The smallest absolute Gasteiger partial charge is 0.322 e. The highest BCUT2D eigenvalue weighted by Gasteiger charge is 2.24. The monoisotopic (exact) mass is 261 g/mol. The minimum Gasteiger partial charge on any atom is -0.480 e. The largest absolute Gasteiger partial charge is 0.480 e. The maximum atomic E-state index is 11.6. The second-order valence-electron chi connectivity index (χ2n) is 4.13. The number of nitrogens with two attached hydrogens (primary N) is 1. The molecule has 0 fully saturated rings. The van der Waals surface area contributed by atoms with Gasteiger partial charge in [0.25, 0.3) is 0 Å². The summed E-state index contributed by atoms with van der Waals surface area (Å²) in [6.45, 7) is 2.26. The summed E-state index contributed by atoms with van der Waals surface area (Å²) in [7, 11) is 0. The van der Waals surface area contributed by atoms with E-state index in [0.717, 1.165) is 0 Å². The molecule has 8 heteroatoms. The molecule has 2 atom stereocenters. The third-order valence-corrected chi connectivity index (χ3v) is 2.25. The van der Waals surface area contributed by atoms with Crippen LogP contribution in [0, 0.1) is 5.92 Å². The van der Waals surface area contributed by atoms with E-state index in [1.54, 1.807) is 13.8 Å². The van der Waals surface area contributed by atoms with Crippen molar-refractivity contribution in [2.24, 2.45) is 11.7 Å². The van der Waals surface area contributed by atoms with Crippen LogP contribution in [-0.4, -0.2) is 53.2 Å². The molecule has 0 radical (unpaired) electrons. The van der Waals surface area contributed by atoms with Gasteiger partial charge >= 0.3 is 5.97 Å². The Labute approximate surface area is 105 Å². The van der Waals surface area contributed by atoms with E-state index in [9.17, 15) is 14.4 Å². The van der Waals surface area contributed by atoms with E-state index in [-0.39, 0.29) is 5.92 Å². The number of nitrogens with one attached hydrogen (secondary N) is 2. The summed E-state index contributed by atoms with van der Waals surface area (Å²) in [5.41, 5.74) is 5.57. The summed E-state index contributed by atoms with van der Waals surface area (Å²) in [6.07, 6.45) is 0. The quantitative estimate of drug-likeness (QED) is 0.347. The van der Waals surface area contributed by atoms with Crippen molar-refractivity contribution in [3.8, 4) is 0 Å². The molecule has 0 bridgehead atoms. The van der Waals surface area contributed by atoms with Crippen LogP contribution < -0.4 is 16.4 Å². The highest BCUT2D eigenvalue weighted by molar-refractivity contribution is 5.91. The molecule has 104 valence electrons. The van der Waals surface area contributed by atoms with Gasteiger partial charge in [0.2, 0.25) is 11.8 Å². The van der Waals surface area contributed by atoms with Crippen LogP contribution in [0.1, 0.15) is 13.8 Å². The molecular formula is C10H19N3O5. The van der Waals surface area contributed by atoms with Crippen molar-refractivity contribution in [1.29, 1.82) is 0 Å². The van der Waals surface area contributed by atoms with Crippen LogP contribution in [0.2, 0.25) is 0 Å². The zero-order valence-corrected chi connectivity index (χ0v) is 10.3. The number of aliphatic hydroxyl groups excluding tert-OH is 1. The number of aliphatic hydroxyl groups is 1. The van der Waals surface area contributed by atoms with Crippen molar-refractivity contribution in [2.75, 3.05) is 13.2 Å². The highest BCUT2D eigenvalue weighted by Crippen LogP contribution is 1.98. The third kappa shape index (κ3) is 5.60. The van der Waals surface area contributed by atoms with Gasteiger partial charge in [-0.25, -0.2) is 0 Å². The normalized spacial score (nSPS) is 13.8. The average Bonchev–Trinajstić information content (AvgIpc) is 2.31. The lowest BCUT2D eigenvalue weighted by atomic mass is 10.0. The molecule has 18 heavy (non-hydrogen) atoms. The lowest BCUT2D eigenvalue weighted by Gasteiger charge is -2.20. The number of carbonyl (C=O) groups is 3. The Kier molecular flexibility index (Phi) is 6.91. The number of aliphatic carboxylic acids is 1. The van der Waals surface area contributed by atoms with Gasteiger partial charge in [-0.1, -0.05) is 13.8 Å². The van der Waals surface area contributed by atoms with E-state index < -0.39 is 43.0 Å². The van der Waals surface area contributed by atoms with Crippen molar-refractivity contribution < 1.29 is 24.6 Å². The minimum absolute atomic E-state index is 0.119. The SMILES string of the molecule is CC(C)C(N)C(=O)NC(CO)C(=O)NCC(=O)O. The molecular weight excluding hydrogens is 242 g/mol. The first-order valence-corrected chi connectivity index (χ1v) is 5.45. The summed E-state index contributed by atoms with van der Waals surface area (Å²) in [6, 6.07) is -2.01. The first kappa shape index (κ1) is 16.3. The Morgan fingerprint density at radius 1 is 1.22 bits per heavy atom. The van der Waals surface area contributed by atoms with Crippen LogP contribution in [0.15, 0.2) is 0 Å². The fourth-order valence-electron chi connectivity index (χ4n) is 1.05. The van der Waals surface area contributed by atoms with Crippen LogP contribution in [0.3, 0.4) is 0 Å². The Morgan fingerprint density at radius 3 is 2.17 bits per heavy atom. The molecule has 0 saturated carbocycles. The summed E-state index contributed by atoms with van der Waals surface area (Å²) in [4.78, 5) is 33.2. The summed E-state index contributed by atoms with van der Waals surface area (Å²) >= 11 is 0. The number of hydrogen-bond acceptors (Lipinski definition) is 5. The lowest BCUT2D eigenvalue weighted by Crippen LogP contribution is -2.54. The number of carbonyl (C=O) groups excluding carboxylic acids is 2. The summed E-state index contributed by atoms with van der Waals surface area (Å²) in [5, 5.41) is 21.6. The maximum Gasteiger partial charge on any atom is 0.322 e. The Balaban J connectivity index is 4.37. The van der Waals surface area contributed by atoms with Crippen LogP contribution in [0.4, 0.5) is 0 Å². The molecule has 0 aliphatic rings. The summed E-state index contributed by atoms with van der Waals surface area (Å²) in [5.74, 6) is -2.68. The molecule has 0 rings (SSSR count). The molecule has 8 nitrogen and oxygen atoms in total. The highest BCUT2D eigenvalue weighted by atomic mass is 16.4. The molecule has 0 aliphatic heterocycles. The minimum atomic E-state index is -1.22. The average molecular weight is 261 g/mol. The number of rotatable bonds is 7. The van der Waals surface area contributed by atoms with Gasteiger partial charge < -0.3 is 26.6 Å². The first-order chi connectivity index (χ1) is 8.29. The van der Waals surface area contributed by atoms with Crippen LogP contribution in [-0.2, 0) is 14.4 Å². The Hall–Kier alpha value is -1.67. The molecule has 0 aliphatic carbocycles. The second kappa shape index (κ2) is 7.62. The molecule has 6 N–H and O–H groups in total. The molecule has 0 aromatic heterocycles. The van der Waals surface area contributed by atoms with Crippen molar-refractivity contribution in [3.05, 3.63) is 0 Å². The standard InChI is InChI=1S/C10H19N3O5/c1-5(2)8(11)10(18)13-6(4-14)9(17)12-3-7(15)16/h5-6,8,14H,3-4,11H2,1-2H3,(H,12,17)(H,13,18)(H,15,16). The number of carboxylic acids is 1. The van der Waals surface area contributed by atoms with Crippen molar-refractivity contribution in [3.63, 3.8) is 0 Å². The number of hydrogen-bond donors (Lipinski definition) is 5. The Bertz CT molecular complexity index is 319. The predicted octanol–water partition coefficient (Wildman–Crippen LogP) is -2.35. The molecule has 0 saturated heterocycles. The van der Waals surface area contributed by atoms with E-state index in [1.807, 2.05) is 0 Å². The number of carboxylic acid groups (broad SMARTS) is 1. The van der Waals surface area contributed by atoms with Crippen molar-refractivity contribution in [1.82, 2.24) is 10.6 Å². The van der Waals surface area contributed by atoms with E-state index in [2.05, 4.69) is 10.6 Å². The van der Waals surface area contributed by atoms with Gasteiger partial charge in [-0.3, -0.25) is 14.4 Å². The van der Waals surface area contributed by atoms with Crippen molar-refractivity contribution in [2.45, 2.75) is 25.9 Å². The topological polar surface area (TPSA) is 142 Å². The molecule has 2 unspecified atom stereocenters. The van der Waals surface area contributed by atoms with Gasteiger partial charge in [0.15, 0.2) is 0 Å². The van der Waals surface area contributed by atoms with Gasteiger partial charge in [-0.2, -0.15) is 0 Å². The van der Waals surface area contributed by atoms with E-state index in [0.29, 0.717) is 0 Å². The molecule has 0 spiro atoms. The van der Waals surface area contributed by atoms with E-state index in [4.69, 9.17) is 15.9 Å². The van der Waals surface area contributed by atoms with Gasteiger partial charge in [0, 0.05) is 0 Å². The zero-order chi connectivity index (χ0) is 14.3. The van der Waals surface area contributed by atoms with Crippen LogP contribution in [0.25, 0.3) is 0 Å². The van der Waals surface area contributed by atoms with E-state index in [1.165, 1.54) is 0 Å². The van der Waals surface area contributed by atoms with E-state index >= 15 is 0 Å². The fourth-order valence-corrected chi connectivity index (χ4v) is 1.05. The van der Waals surface area contributed by atoms with Gasteiger partial charge in [-0.15, -0.1) is 0 Å². The predicted molar refractivity (Wildman–Crippen MR) is 62.5 cm³/mol. The van der Waals surface area contributed by atoms with Gasteiger partial charge in [0.1, 0.15) is 12.6 Å². The zero-order valence-electron chi connectivity index (χ0n) is 10.3. The molecule has 0 aromatic rings. The molecule has 2 amide bonds. The molecule has 0 heterocycles. The third-order valence-electron chi connectivity index (χ3n) is 2.25. The number of amides is 2.